The van der Waals surface area contributed by atoms with Crippen LogP contribution >= 0.6 is 0 Å². The molecule has 3 heteroatoms. The van der Waals surface area contributed by atoms with E-state index < -0.39 is 0 Å². The molecule has 1 atom stereocenters. The van der Waals surface area contributed by atoms with Crippen LogP contribution in [-0.4, -0.2) is 30.8 Å². The number of likely N-dealkylation sites (N-methyl/N-ethyl adjacent to an activating group) is 1. The smallest absolute Gasteiger partial charge is 0.144 e. The zero-order valence-electron chi connectivity index (χ0n) is 11.6. The van der Waals surface area contributed by atoms with E-state index in [9.17, 15) is 9.18 Å². The molecule has 100 valence electrons. The Hall–Kier alpha value is -1.22. The topological polar surface area (TPSA) is 20.3 Å². The summed E-state index contributed by atoms with van der Waals surface area (Å²) in [4.78, 5) is 14.4. The molecule has 0 amide bonds. The lowest BCUT2D eigenvalue weighted by atomic mass is 9.88. The molecule has 0 aliphatic rings. The van der Waals surface area contributed by atoms with E-state index in [1.54, 1.807) is 12.1 Å². The average molecular weight is 251 g/mol. The van der Waals surface area contributed by atoms with E-state index in [1.807, 2.05) is 20.9 Å². The van der Waals surface area contributed by atoms with E-state index in [1.165, 1.54) is 12.1 Å². The van der Waals surface area contributed by atoms with Gasteiger partial charge in [0.05, 0.1) is 5.92 Å². The Morgan fingerprint density at radius 1 is 1.28 bits per heavy atom. The molecule has 1 aromatic carbocycles. The van der Waals surface area contributed by atoms with Crippen molar-refractivity contribution in [3.05, 3.63) is 35.6 Å². The van der Waals surface area contributed by atoms with Gasteiger partial charge in [0, 0.05) is 12.5 Å². The highest BCUT2D eigenvalue weighted by atomic mass is 19.1. The highest BCUT2D eigenvalue weighted by molar-refractivity contribution is 5.87. The maximum Gasteiger partial charge on any atom is 0.144 e. The summed E-state index contributed by atoms with van der Waals surface area (Å²) in [6.07, 6.45) is 0. The van der Waals surface area contributed by atoms with Gasteiger partial charge < -0.3 is 4.90 Å². The van der Waals surface area contributed by atoms with Gasteiger partial charge in [0.25, 0.3) is 0 Å². The Morgan fingerprint density at radius 3 is 2.28 bits per heavy atom. The molecule has 0 spiro atoms. The minimum Gasteiger partial charge on any atom is -0.306 e. The molecule has 0 N–H and O–H groups in total. The van der Waals surface area contributed by atoms with Crippen molar-refractivity contribution < 1.29 is 9.18 Å². The summed E-state index contributed by atoms with van der Waals surface area (Å²) in [7, 11) is 1.99. The van der Waals surface area contributed by atoms with Crippen LogP contribution in [0.2, 0.25) is 0 Å². The van der Waals surface area contributed by atoms with Crippen molar-refractivity contribution in [2.45, 2.75) is 26.7 Å². The molecule has 0 saturated carbocycles. The van der Waals surface area contributed by atoms with Crippen molar-refractivity contribution in [1.29, 1.82) is 0 Å². The highest BCUT2D eigenvalue weighted by Crippen LogP contribution is 2.22. The first-order valence-corrected chi connectivity index (χ1v) is 6.43. The van der Waals surface area contributed by atoms with Gasteiger partial charge in [-0.2, -0.15) is 0 Å². The van der Waals surface area contributed by atoms with Crippen LogP contribution in [0.5, 0.6) is 0 Å². The molecule has 1 rings (SSSR count). The second-order valence-corrected chi connectivity index (χ2v) is 5.02. The van der Waals surface area contributed by atoms with Gasteiger partial charge in [-0.1, -0.05) is 32.9 Å². The Morgan fingerprint density at radius 2 is 1.83 bits per heavy atom. The van der Waals surface area contributed by atoms with Crippen LogP contribution < -0.4 is 0 Å². The number of rotatable bonds is 6. The van der Waals surface area contributed by atoms with E-state index in [0.29, 0.717) is 6.54 Å². The normalized spacial score (nSPS) is 13.1. The summed E-state index contributed by atoms with van der Waals surface area (Å²) in [6, 6.07) is 6.26. The number of hydrogen-bond donors (Lipinski definition) is 0. The average Bonchev–Trinajstić information content (AvgIpc) is 2.36. The second-order valence-electron chi connectivity index (χ2n) is 5.02. The summed E-state index contributed by atoms with van der Waals surface area (Å²) in [5.74, 6) is -0.235. The van der Waals surface area contributed by atoms with Gasteiger partial charge in [-0.05, 0) is 31.3 Å². The Labute approximate surface area is 109 Å². The number of benzene rings is 1. The molecule has 0 fully saturated rings. The first-order valence-electron chi connectivity index (χ1n) is 6.43. The van der Waals surface area contributed by atoms with Gasteiger partial charge in [0.2, 0.25) is 0 Å². The fraction of sp³-hybridized carbons (Fsp3) is 0.533. The zero-order chi connectivity index (χ0) is 13.7. The van der Waals surface area contributed by atoms with Crippen molar-refractivity contribution in [3.63, 3.8) is 0 Å². The Kier molecular flexibility index (Phi) is 5.48. The van der Waals surface area contributed by atoms with Gasteiger partial charge in [0.1, 0.15) is 11.6 Å². The first-order chi connectivity index (χ1) is 8.45. The molecule has 2 nitrogen and oxygen atoms in total. The lowest BCUT2D eigenvalue weighted by Gasteiger charge is -2.23. The third kappa shape index (κ3) is 3.91. The maximum atomic E-state index is 12.9. The van der Waals surface area contributed by atoms with Crippen LogP contribution in [0.25, 0.3) is 0 Å². The molecule has 0 aliphatic carbocycles. The predicted octanol–water partition coefficient (Wildman–Crippen LogP) is 3.09. The molecule has 1 aromatic rings. The molecule has 0 aromatic heterocycles. The number of nitrogens with zero attached hydrogens (tertiary/aromatic N) is 1. The quantitative estimate of drug-likeness (QED) is 0.774. The van der Waals surface area contributed by atoms with Crippen LogP contribution in [0.15, 0.2) is 24.3 Å². The minimum atomic E-state index is -0.265. The van der Waals surface area contributed by atoms with Crippen molar-refractivity contribution in [1.82, 2.24) is 4.90 Å². The molecule has 0 bridgehead atoms. The second kappa shape index (κ2) is 6.64. The van der Waals surface area contributed by atoms with Crippen molar-refractivity contribution in [2.24, 2.45) is 5.92 Å². The van der Waals surface area contributed by atoms with Crippen LogP contribution in [0, 0.1) is 11.7 Å². The number of carbonyl (C=O) groups is 1. The van der Waals surface area contributed by atoms with E-state index in [-0.39, 0.29) is 23.4 Å². The maximum absolute atomic E-state index is 12.9. The summed E-state index contributed by atoms with van der Waals surface area (Å²) in [5, 5.41) is 0. The third-order valence-corrected chi connectivity index (χ3v) is 3.22. The third-order valence-electron chi connectivity index (χ3n) is 3.22. The molecule has 0 saturated heterocycles. The van der Waals surface area contributed by atoms with E-state index in [0.717, 1.165) is 12.1 Å². The SMILES string of the molecule is CCN(C)CC(C(=O)C(C)C)c1ccc(F)cc1. The molecule has 18 heavy (non-hydrogen) atoms. The number of carbonyl (C=O) groups excluding carboxylic acids is 1. The van der Waals surface area contributed by atoms with Crippen LogP contribution in [0.4, 0.5) is 4.39 Å². The van der Waals surface area contributed by atoms with E-state index >= 15 is 0 Å². The van der Waals surface area contributed by atoms with Gasteiger partial charge >= 0.3 is 0 Å². The number of halogens is 1. The summed E-state index contributed by atoms with van der Waals surface area (Å²) >= 11 is 0. The monoisotopic (exact) mass is 251 g/mol. The first kappa shape index (κ1) is 14.8. The van der Waals surface area contributed by atoms with Gasteiger partial charge in [-0.3, -0.25) is 4.79 Å². The lowest BCUT2D eigenvalue weighted by molar-refractivity contribution is -0.123. The van der Waals surface area contributed by atoms with Crippen LogP contribution in [0.3, 0.4) is 0 Å². The van der Waals surface area contributed by atoms with E-state index in [2.05, 4.69) is 11.8 Å². The number of ketones is 1. The molecule has 0 radical (unpaired) electrons. The molecule has 1 unspecified atom stereocenters. The minimum absolute atomic E-state index is 0.00897. The zero-order valence-corrected chi connectivity index (χ0v) is 11.6. The fourth-order valence-electron chi connectivity index (χ4n) is 1.90. The van der Waals surface area contributed by atoms with Crippen molar-refractivity contribution in [3.8, 4) is 0 Å². The van der Waals surface area contributed by atoms with Gasteiger partial charge in [-0.25, -0.2) is 4.39 Å². The predicted molar refractivity (Wildman–Crippen MR) is 72.2 cm³/mol. The highest BCUT2D eigenvalue weighted by Gasteiger charge is 2.24. The summed E-state index contributed by atoms with van der Waals surface area (Å²) in [5.41, 5.74) is 0.899. The number of Topliss-reactive ketones (excluding diaryl/α,β-unsaturated/α-hetero) is 1. The molecular formula is C15H22FNO. The Bertz CT molecular complexity index is 386. The van der Waals surface area contributed by atoms with Crippen molar-refractivity contribution >= 4 is 5.78 Å². The summed E-state index contributed by atoms with van der Waals surface area (Å²) in [6.45, 7) is 7.44. The number of hydrogen-bond acceptors (Lipinski definition) is 2. The Balaban J connectivity index is 2.96. The fourth-order valence-corrected chi connectivity index (χ4v) is 1.90. The molecular weight excluding hydrogens is 229 g/mol. The van der Waals surface area contributed by atoms with E-state index in [4.69, 9.17) is 0 Å². The summed E-state index contributed by atoms with van der Waals surface area (Å²) < 4.78 is 12.9. The van der Waals surface area contributed by atoms with Crippen LogP contribution in [-0.2, 0) is 4.79 Å². The van der Waals surface area contributed by atoms with Crippen molar-refractivity contribution in [2.75, 3.05) is 20.1 Å². The standard InChI is InChI=1S/C15H22FNO/c1-5-17(4)10-14(15(18)11(2)3)12-6-8-13(16)9-7-12/h6-9,11,14H,5,10H2,1-4H3. The van der Waals surface area contributed by atoms with Gasteiger partial charge in [0.15, 0.2) is 0 Å². The van der Waals surface area contributed by atoms with Crippen LogP contribution in [0.1, 0.15) is 32.3 Å². The molecule has 0 aliphatic heterocycles. The molecule has 0 heterocycles. The largest absolute Gasteiger partial charge is 0.306 e. The lowest BCUT2D eigenvalue weighted by Crippen LogP contribution is -2.31. The van der Waals surface area contributed by atoms with Gasteiger partial charge in [-0.15, -0.1) is 0 Å².